The van der Waals surface area contributed by atoms with Gasteiger partial charge in [0.25, 0.3) is 0 Å². The zero-order valence-electron chi connectivity index (χ0n) is 15.7. The quantitative estimate of drug-likeness (QED) is 0.867. The Balaban J connectivity index is 1.51. The highest BCUT2D eigenvalue weighted by Crippen LogP contribution is 2.26. The van der Waals surface area contributed by atoms with Crippen LogP contribution in [0.3, 0.4) is 0 Å². The number of nitrogens with one attached hydrogen (secondary N) is 2. The van der Waals surface area contributed by atoms with Gasteiger partial charge in [0.05, 0.1) is 0 Å². The van der Waals surface area contributed by atoms with Gasteiger partial charge >= 0.3 is 6.03 Å². The van der Waals surface area contributed by atoms with Crippen molar-refractivity contribution in [3.05, 3.63) is 53.2 Å². The number of benzene rings is 1. The van der Waals surface area contributed by atoms with Gasteiger partial charge in [0, 0.05) is 52.7 Å². The van der Waals surface area contributed by atoms with E-state index < -0.39 is 0 Å². The Morgan fingerprint density at radius 2 is 1.88 bits per heavy atom. The molecular weight excluding hydrogens is 326 g/mol. The zero-order valence-corrected chi connectivity index (χ0v) is 15.7. The van der Waals surface area contributed by atoms with Crippen LogP contribution in [0.5, 0.6) is 0 Å². The van der Waals surface area contributed by atoms with Crippen LogP contribution in [0.4, 0.5) is 16.3 Å². The maximum Gasteiger partial charge on any atom is 0.315 e. The summed E-state index contributed by atoms with van der Waals surface area (Å²) in [4.78, 5) is 20.6. The lowest BCUT2D eigenvalue weighted by atomic mass is 9.99. The molecule has 1 aliphatic heterocycles. The minimum atomic E-state index is -0.164. The summed E-state index contributed by atoms with van der Waals surface area (Å²) in [6, 6.07) is 10.2. The minimum Gasteiger partial charge on any atom is -0.374 e. The molecule has 1 aromatic heterocycles. The number of amides is 2. The lowest BCUT2D eigenvalue weighted by molar-refractivity contribution is 0.240. The molecule has 2 amide bonds. The van der Waals surface area contributed by atoms with Crippen molar-refractivity contribution in [3.63, 3.8) is 0 Å². The van der Waals surface area contributed by atoms with E-state index in [0.29, 0.717) is 13.1 Å². The molecule has 0 saturated carbocycles. The fourth-order valence-electron chi connectivity index (χ4n) is 3.19. The van der Waals surface area contributed by atoms with Crippen molar-refractivity contribution in [2.75, 3.05) is 37.5 Å². The second-order valence-corrected chi connectivity index (χ2v) is 6.94. The smallest absolute Gasteiger partial charge is 0.315 e. The maximum atomic E-state index is 12.1. The molecule has 0 radical (unpaired) electrons. The molecule has 6 heteroatoms. The standard InChI is InChI=1S/C20H27N5O/c1-24(2)19-12-16(8-9-21-19)14-23-20(26)22-13-15-6-7-18-17(11-15)5-4-10-25(18)3/h6-9,11-12H,4-5,10,13-14H2,1-3H3,(H2,22,23,26). The van der Waals surface area contributed by atoms with Crippen LogP contribution in [0.15, 0.2) is 36.5 Å². The van der Waals surface area contributed by atoms with Gasteiger partial charge in [-0.3, -0.25) is 0 Å². The molecule has 0 bridgehead atoms. The topological polar surface area (TPSA) is 60.5 Å². The number of pyridine rings is 1. The molecule has 26 heavy (non-hydrogen) atoms. The minimum absolute atomic E-state index is 0.164. The van der Waals surface area contributed by atoms with Gasteiger partial charge in [-0.05, 0) is 47.7 Å². The summed E-state index contributed by atoms with van der Waals surface area (Å²) in [5, 5.41) is 5.84. The number of anilines is 2. The second kappa shape index (κ2) is 8.08. The summed E-state index contributed by atoms with van der Waals surface area (Å²) in [6.45, 7) is 2.11. The lowest BCUT2D eigenvalue weighted by Crippen LogP contribution is -2.34. The number of rotatable bonds is 5. The van der Waals surface area contributed by atoms with E-state index in [1.54, 1.807) is 6.20 Å². The Bertz CT molecular complexity index is 775. The SMILES string of the molecule is CN(C)c1cc(CNC(=O)NCc2ccc3c(c2)CCCN3C)ccn1. The predicted molar refractivity (Wildman–Crippen MR) is 106 cm³/mol. The Labute approximate surface area is 155 Å². The number of urea groups is 1. The first kappa shape index (κ1) is 18.0. The molecule has 0 fully saturated rings. The number of hydrogen-bond acceptors (Lipinski definition) is 4. The van der Waals surface area contributed by atoms with Crippen molar-refractivity contribution >= 4 is 17.5 Å². The third kappa shape index (κ3) is 4.45. The number of hydrogen-bond donors (Lipinski definition) is 2. The van der Waals surface area contributed by atoms with Crippen molar-refractivity contribution in [2.45, 2.75) is 25.9 Å². The van der Waals surface area contributed by atoms with Crippen molar-refractivity contribution in [1.82, 2.24) is 15.6 Å². The van der Waals surface area contributed by atoms with Crippen molar-refractivity contribution in [1.29, 1.82) is 0 Å². The first-order chi connectivity index (χ1) is 12.5. The molecule has 2 aromatic rings. The number of carbonyl (C=O) groups is 1. The van der Waals surface area contributed by atoms with Crippen molar-refractivity contribution in [3.8, 4) is 0 Å². The van der Waals surface area contributed by atoms with E-state index in [1.165, 1.54) is 17.7 Å². The number of aryl methyl sites for hydroxylation is 1. The summed E-state index contributed by atoms with van der Waals surface area (Å²) in [5.74, 6) is 0.878. The molecule has 0 unspecified atom stereocenters. The molecule has 0 saturated heterocycles. The first-order valence-corrected chi connectivity index (χ1v) is 9.00. The maximum absolute atomic E-state index is 12.1. The molecule has 3 rings (SSSR count). The number of aromatic nitrogens is 1. The van der Waals surface area contributed by atoms with Crippen LogP contribution >= 0.6 is 0 Å². The largest absolute Gasteiger partial charge is 0.374 e. The van der Waals surface area contributed by atoms with E-state index >= 15 is 0 Å². The molecule has 2 heterocycles. The molecule has 0 aliphatic carbocycles. The van der Waals surface area contributed by atoms with Gasteiger partial charge in [-0.25, -0.2) is 9.78 Å². The third-order valence-electron chi connectivity index (χ3n) is 4.67. The van der Waals surface area contributed by atoms with Gasteiger partial charge in [0.1, 0.15) is 5.82 Å². The van der Waals surface area contributed by atoms with Crippen LogP contribution in [0.2, 0.25) is 0 Å². The van der Waals surface area contributed by atoms with Crippen LogP contribution in [0, 0.1) is 0 Å². The highest BCUT2D eigenvalue weighted by atomic mass is 16.2. The highest BCUT2D eigenvalue weighted by molar-refractivity contribution is 5.74. The molecule has 0 spiro atoms. The van der Waals surface area contributed by atoms with Gasteiger partial charge < -0.3 is 20.4 Å². The fraction of sp³-hybridized carbons (Fsp3) is 0.400. The average Bonchev–Trinajstić information content (AvgIpc) is 2.65. The average molecular weight is 353 g/mol. The van der Waals surface area contributed by atoms with Crippen LogP contribution in [-0.4, -0.2) is 38.7 Å². The number of fused-ring (bicyclic) bond motifs is 1. The Morgan fingerprint density at radius 3 is 2.62 bits per heavy atom. The van der Waals surface area contributed by atoms with Crippen molar-refractivity contribution < 1.29 is 4.79 Å². The van der Waals surface area contributed by atoms with Gasteiger partial charge in [-0.15, -0.1) is 0 Å². The summed E-state index contributed by atoms with van der Waals surface area (Å²) in [5.41, 5.74) is 4.83. The molecule has 0 atom stereocenters. The van der Waals surface area contributed by atoms with E-state index in [9.17, 15) is 4.79 Å². The van der Waals surface area contributed by atoms with E-state index in [4.69, 9.17) is 0 Å². The van der Waals surface area contributed by atoms with Gasteiger partial charge in [-0.1, -0.05) is 12.1 Å². The Morgan fingerprint density at radius 1 is 1.15 bits per heavy atom. The van der Waals surface area contributed by atoms with Crippen LogP contribution in [0.1, 0.15) is 23.1 Å². The Hall–Kier alpha value is -2.76. The zero-order chi connectivity index (χ0) is 18.5. The monoisotopic (exact) mass is 353 g/mol. The normalized spacial score (nSPS) is 13.1. The van der Waals surface area contributed by atoms with Gasteiger partial charge in [0.2, 0.25) is 0 Å². The van der Waals surface area contributed by atoms with Crippen LogP contribution in [0.25, 0.3) is 0 Å². The molecule has 1 aliphatic rings. The number of carbonyl (C=O) groups excluding carboxylic acids is 1. The lowest BCUT2D eigenvalue weighted by Gasteiger charge is -2.27. The fourth-order valence-corrected chi connectivity index (χ4v) is 3.19. The summed E-state index contributed by atoms with van der Waals surface area (Å²) < 4.78 is 0. The Kier molecular flexibility index (Phi) is 5.61. The second-order valence-electron chi connectivity index (χ2n) is 6.94. The molecule has 1 aromatic carbocycles. The van der Waals surface area contributed by atoms with Gasteiger partial charge in [0.15, 0.2) is 0 Å². The van der Waals surface area contributed by atoms with Crippen LogP contribution in [-0.2, 0) is 19.5 Å². The number of nitrogens with zero attached hydrogens (tertiary/aromatic N) is 3. The van der Waals surface area contributed by atoms with E-state index in [-0.39, 0.29) is 6.03 Å². The molecule has 6 nitrogen and oxygen atoms in total. The van der Waals surface area contributed by atoms with Crippen LogP contribution < -0.4 is 20.4 Å². The summed E-state index contributed by atoms with van der Waals surface area (Å²) >= 11 is 0. The first-order valence-electron chi connectivity index (χ1n) is 9.00. The van der Waals surface area contributed by atoms with Crippen molar-refractivity contribution in [2.24, 2.45) is 0 Å². The van der Waals surface area contributed by atoms with E-state index in [1.807, 2.05) is 31.1 Å². The highest BCUT2D eigenvalue weighted by Gasteiger charge is 2.13. The predicted octanol–water partition coefficient (Wildman–Crippen LogP) is 2.53. The summed E-state index contributed by atoms with van der Waals surface area (Å²) in [6.07, 6.45) is 4.05. The third-order valence-corrected chi connectivity index (χ3v) is 4.67. The molecule has 138 valence electrons. The molecular formula is C20H27N5O. The summed E-state index contributed by atoms with van der Waals surface area (Å²) in [7, 11) is 6.02. The van der Waals surface area contributed by atoms with Gasteiger partial charge in [-0.2, -0.15) is 0 Å². The molecule has 2 N–H and O–H groups in total. The van der Waals surface area contributed by atoms with E-state index in [0.717, 1.165) is 29.9 Å². The van der Waals surface area contributed by atoms with E-state index in [2.05, 4.69) is 45.8 Å².